The zero-order valence-corrected chi connectivity index (χ0v) is 17.6. The van der Waals surface area contributed by atoms with Crippen LogP contribution in [0.15, 0.2) is 47.4 Å². The van der Waals surface area contributed by atoms with Gasteiger partial charge < -0.3 is 14.8 Å². The minimum Gasteiger partial charge on any atom is -0.497 e. The Morgan fingerprint density at radius 3 is 2.45 bits per heavy atom. The van der Waals surface area contributed by atoms with Crippen molar-refractivity contribution in [2.24, 2.45) is 0 Å². The number of ether oxygens (including phenoxy) is 2. The zero-order valence-electron chi connectivity index (χ0n) is 16.0. The van der Waals surface area contributed by atoms with Gasteiger partial charge in [-0.1, -0.05) is 24.4 Å². The maximum absolute atomic E-state index is 12.6. The molecule has 1 aliphatic carbocycles. The van der Waals surface area contributed by atoms with E-state index in [9.17, 15) is 13.2 Å². The van der Waals surface area contributed by atoms with Crippen LogP contribution in [0.1, 0.15) is 25.7 Å². The van der Waals surface area contributed by atoms with E-state index in [0.717, 1.165) is 25.7 Å². The number of rotatable bonds is 8. The molecule has 9 heteroatoms. The molecule has 156 valence electrons. The molecule has 0 heterocycles. The van der Waals surface area contributed by atoms with Crippen molar-refractivity contribution in [2.75, 3.05) is 18.4 Å². The Balaban J connectivity index is 1.61. The number of methoxy groups -OCH3 is 1. The lowest BCUT2D eigenvalue weighted by Crippen LogP contribution is -2.36. The summed E-state index contributed by atoms with van der Waals surface area (Å²) in [6, 6.07) is 10.8. The van der Waals surface area contributed by atoms with Crippen LogP contribution in [0, 0.1) is 0 Å². The number of hydrogen-bond donors (Lipinski definition) is 2. The quantitative estimate of drug-likeness (QED) is 0.656. The monoisotopic (exact) mass is 438 g/mol. The van der Waals surface area contributed by atoms with Crippen molar-refractivity contribution in [3.05, 3.63) is 47.5 Å². The van der Waals surface area contributed by atoms with Crippen LogP contribution in [0.3, 0.4) is 0 Å². The maximum atomic E-state index is 12.6. The molecule has 29 heavy (non-hydrogen) atoms. The third-order valence-electron chi connectivity index (χ3n) is 4.63. The van der Waals surface area contributed by atoms with E-state index < -0.39 is 10.0 Å². The number of amides is 1. The number of halogens is 1. The predicted octanol–water partition coefficient (Wildman–Crippen LogP) is 3.59. The fourth-order valence-electron chi connectivity index (χ4n) is 3.12. The summed E-state index contributed by atoms with van der Waals surface area (Å²) in [5.41, 5.74) is 0.394. The van der Waals surface area contributed by atoms with Gasteiger partial charge >= 0.3 is 0 Å². The van der Waals surface area contributed by atoms with Crippen molar-refractivity contribution >= 4 is 33.2 Å². The van der Waals surface area contributed by atoms with Gasteiger partial charge in [-0.05, 0) is 55.3 Å². The van der Waals surface area contributed by atoms with Gasteiger partial charge in [0.05, 0.1) is 17.0 Å². The molecule has 1 fully saturated rings. The molecule has 7 nitrogen and oxygen atoms in total. The first-order valence-corrected chi connectivity index (χ1v) is 11.1. The number of carbonyl (C=O) groups is 1. The Kier molecular flexibility index (Phi) is 6.87. The van der Waals surface area contributed by atoms with Crippen LogP contribution in [0.25, 0.3) is 0 Å². The van der Waals surface area contributed by atoms with Crippen molar-refractivity contribution in [3.63, 3.8) is 0 Å². The van der Waals surface area contributed by atoms with Gasteiger partial charge in [0.1, 0.15) is 11.5 Å². The Morgan fingerprint density at radius 1 is 1.14 bits per heavy atom. The van der Waals surface area contributed by atoms with E-state index in [1.165, 1.54) is 25.3 Å². The van der Waals surface area contributed by atoms with E-state index in [1.54, 1.807) is 24.3 Å². The Labute approximate surface area is 175 Å². The number of sulfonamides is 1. The molecule has 1 amide bonds. The smallest absolute Gasteiger partial charge is 0.261 e. The van der Waals surface area contributed by atoms with E-state index in [4.69, 9.17) is 21.1 Å². The number of anilines is 1. The molecule has 0 bridgehead atoms. The Morgan fingerprint density at radius 2 is 1.83 bits per heavy atom. The predicted molar refractivity (Wildman–Crippen MR) is 111 cm³/mol. The van der Waals surface area contributed by atoms with E-state index in [0.29, 0.717) is 11.4 Å². The summed E-state index contributed by atoms with van der Waals surface area (Å²) in [6.07, 6.45) is 4.22. The molecule has 0 saturated heterocycles. The fraction of sp³-hybridized carbons (Fsp3) is 0.350. The number of nitrogens with one attached hydrogen (secondary N) is 2. The summed E-state index contributed by atoms with van der Waals surface area (Å²) in [7, 11) is -2.30. The molecule has 2 aromatic rings. The van der Waals surface area contributed by atoms with Gasteiger partial charge in [0.25, 0.3) is 15.9 Å². The largest absolute Gasteiger partial charge is 0.497 e. The fourth-order valence-corrected chi connectivity index (χ4v) is 4.51. The molecule has 0 aromatic heterocycles. The molecule has 3 rings (SSSR count). The lowest BCUT2D eigenvalue weighted by Gasteiger charge is -2.14. The van der Waals surface area contributed by atoms with Crippen LogP contribution in [-0.2, 0) is 14.8 Å². The Bertz CT molecular complexity index is 957. The molecular weight excluding hydrogens is 416 g/mol. The molecule has 0 spiro atoms. The highest BCUT2D eigenvalue weighted by atomic mass is 35.5. The summed E-state index contributed by atoms with van der Waals surface area (Å²) in [5, 5.41) is 3.03. The highest BCUT2D eigenvalue weighted by molar-refractivity contribution is 7.92. The second kappa shape index (κ2) is 9.37. The van der Waals surface area contributed by atoms with Crippen molar-refractivity contribution in [2.45, 2.75) is 36.6 Å². The molecule has 0 radical (unpaired) electrons. The minimum atomic E-state index is -3.83. The molecule has 2 aromatic carbocycles. The van der Waals surface area contributed by atoms with Gasteiger partial charge in [-0.15, -0.1) is 0 Å². The standard InChI is InChI=1S/C20H23ClN2O5S/c1-27-16-8-6-15(7-9-16)23-29(25,26)17-10-11-19(18(21)12-17)28-13-20(24)22-14-4-2-3-5-14/h6-12,14,23H,2-5,13H2,1H3,(H,22,24). The second-order valence-electron chi connectivity index (χ2n) is 6.76. The van der Waals surface area contributed by atoms with Crippen LogP contribution < -0.4 is 19.5 Å². The molecule has 0 atom stereocenters. The van der Waals surface area contributed by atoms with Crippen LogP contribution in [0.4, 0.5) is 5.69 Å². The zero-order chi connectivity index (χ0) is 20.9. The van der Waals surface area contributed by atoms with Crippen LogP contribution in [0.5, 0.6) is 11.5 Å². The topological polar surface area (TPSA) is 93.7 Å². The van der Waals surface area contributed by atoms with E-state index in [1.807, 2.05) is 0 Å². The third kappa shape index (κ3) is 5.77. The van der Waals surface area contributed by atoms with Crippen molar-refractivity contribution in [1.29, 1.82) is 0 Å². The van der Waals surface area contributed by atoms with E-state index in [-0.39, 0.29) is 34.2 Å². The average molecular weight is 439 g/mol. The Hall–Kier alpha value is -2.45. The highest BCUT2D eigenvalue weighted by Gasteiger charge is 2.19. The van der Waals surface area contributed by atoms with Crippen LogP contribution in [0.2, 0.25) is 5.02 Å². The van der Waals surface area contributed by atoms with Gasteiger partial charge in [-0.25, -0.2) is 8.42 Å². The van der Waals surface area contributed by atoms with Crippen LogP contribution in [-0.4, -0.2) is 34.1 Å². The average Bonchev–Trinajstić information content (AvgIpc) is 3.20. The maximum Gasteiger partial charge on any atom is 0.261 e. The summed E-state index contributed by atoms with van der Waals surface area (Å²) in [4.78, 5) is 12.0. The second-order valence-corrected chi connectivity index (χ2v) is 8.85. The third-order valence-corrected chi connectivity index (χ3v) is 6.31. The lowest BCUT2D eigenvalue weighted by molar-refractivity contribution is -0.123. The number of benzene rings is 2. The van der Waals surface area contributed by atoms with Gasteiger partial charge in [-0.2, -0.15) is 0 Å². The molecule has 0 unspecified atom stereocenters. The first-order valence-electron chi connectivity index (χ1n) is 9.26. The van der Waals surface area contributed by atoms with Crippen molar-refractivity contribution in [3.8, 4) is 11.5 Å². The number of hydrogen-bond acceptors (Lipinski definition) is 5. The lowest BCUT2D eigenvalue weighted by atomic mass is 10.2. The van der Waals surface area contributed by atoms with Crippen molar-refractivity contribution in [1.82, 2.24) is 5.32 Å². The van der Waals surface area contributed by atoms with Gasteiger partial charge in [0, 0.05) is 11.7 Å². The van der Waals surface area contributed by atoms with Gasteiger partial charge in [0.2, 0.25) is 0 Å². The summed E-state index contributed by atoms with van der Waals surface area (Å²) < 4.78 is 38.1. The minimum absolute atomic E-state index is 0.0129. The molecule has 2 N–H and O–H groups in total. The summed E-state index contributed by atoms with van der Waals surface area (Å²) in [5.74, 6) is 0.650. The number of carbonyl (C=O) groups excluding carboxylic acids is 1. The van der Waals surface area contributed by atoms with Gasteiger partial charge in [0.15, 0.2) is 6.61 Å². The van der Waals surface area contributed by atoms with E-state index >= 15 is 0 Å². The normalized spacial score (nSPS) is 14.4. The highest BCUT2D eigenvalue weighted by Crippen LogP contribution is 2.28. The molecule has 0 aliphatic heterocycles. The first kappa shape index (κ1) is 21.3. The first-order chi connectivity index (χ1) is 13.9. The van der Waals surface area contributed by atoms with Crippen molar-refractivity contribution < 1.29 is 22.7 Å². The molecule has 1 aliphatic rings. The molecular formula is C20H23ClN2O5S. The summed E-state index contributed by atoms with van der Waals surface area (Å²) in [6.45, 7) is -0.174. The van der Waals surface area contributed by atoms with Gasteiger partial charge in [-0.3, -0.25) is 9.52 Å². The van der Waals surface area contributed by atoms with E-state index in [2.05, 4.69) is 10.0 Å². The van der Waals surface area contributed by atoms with Crippen LogP contribution >= 0.6 is 11.6 Å². The SMILES string of the molecule is COc1ccc(NS(=O)(=O)c2ccc(OCC(=O)NC3CCCC3)c(Cl)c2)cc1. The molecule has 1 saturated carbocycles. The summed E-state index contributed by atoms with van der Waals surface area (Å²) >= 11 is 6.17.